The van der Waals surface area contributed by atoms with Crippen molar-refractivity contribution in [1.29, 1.82) is 0 Å². The molecule has 7 heteroatoms. The van der Waals surface area contributed by atoms with E-state index >= 15 is 0 Å². The molecule has 1 unspecified atom stereocenters. The van der Waals surface area contributed by atoms with Crippen LogP contribution in [0.1, 0.15) is 22.3 Å². The Morgan fingerprint density at radius 3 is 2.55 bits per heavy atom. The fourth-order valence-electron chi connectivity index (χ4n) is 3.29. The summed E-state index contributed by atoms with van der Waals surface area (Å²) in [7, 11) is 3.78. The fourth-order valence-corrected chi connectivity index (χ4v) is 3.29. The van der Waals surface area contributed by atoms with Crippen LogP contribution in [0.5, 0.6) is 0 Å². The quantitative estimate of drug-likeness (QED) is 0.730. The van der Waals surface area contributed by atoms with E-state index in [0.717, 1.165) is 17.7 Å². The molecule has 1 aliphatic rings. The molecule has 1 saturated heterocycles. The van der Waals surface area contributed by atoms with Gasteiger partial charge < -0.3 is 9.80 Å². The van der Waals surface area contributed by atoms with Crippen LogP contribution in [0.3, 0.4) is 0 Å². The monoisotopic (exact) mass is 394 g/mol. The molecule has 0 spiro atoms. The van der Waals surface area contributed by atoms with Gasteiger partial charge in [0.15, 0.2) is 0 Å². The van der Waals surface area contributed by atoms with Gasteiger partial charge in [0.2, 0.25) is 11.8 Å². The lowest BCUT2D eigenvalue weighted by Gasteiger charge is -2.17. The zero-order valence-corrected chi connectivity index (χ0v) is 16.7. The molecule has 0 aliphatic carbocycles. The second kappa shape index (κ2) is 9.23. The van der Waals surface area contributed by atoms with Crippen molar-refractivity contribution in [3.8, 4) is 0 Å². The SMILES string of the molecule is CN(C)c1cccc(C(=O)NNC(=O)C2CC(=O)N(CCc3ccccc3)C2)c1. The first-order valence-corrected chi connectivity index (χ1v) is 9.63. The van der Waals surface area contributed by atoms with Gasteiger partial charge in [0.1, 0.15) is 0 Å². The number of hydrogen-bond donors (Lipinski definition) is 2. The summed E-state index contributed by atoms with van der Waals surface area (Å²) in [5.74, 6) is -1.25. The average molecular weight is 394 g/mol. The minimum absolute atomic E-state index is 0.0360. The molecular weight excluding hydrogens is 368 g/mol. The lowest BCUT2D eigenvalue weighted by atomic mass is 10.1. The third-order valence-corrected chi connectivity index (χ3v) is 5.02. The van der Waals surface area contributed by atoms with Gasteiger partial charge in [0.05, 0.1) is 5.92 Å². The number of rotatable bonds is 6. The number of carbonyl (C=O) groups is 3. The Morgan fingerprint density at radius 1 is 1.07 bits per heavy atom. The standard InChI is InChI=1S/C22H26N4O3/c1-25(2)19-10-6-9-17(13-19)21(28)23-24-22(29)18-14-20(27)26(15-18)12-11-16-7-4-3-5-8-16/h3-10,13,18H,11-12,14-15H2,1-2H3,(H,23,28)(H,24,29). The van der Waals surface area contributed by atoms with E-state index in [2.05, 4.69) is 10.9 Å². The van der Waals surface area contributed by atoms with Crippen molar-refractivity contribution in [1.82, 2.24) is 15.8 Å². The lowest BCUT2D eigenvalue weighted by Crippen LogP contribution is -2.45. The maximum Gasteiger partial charge on any atom is 0.269 e. The van der Waals surface area contributed by atoms with Crippen molar-refractivity contribution in [2.45, 2.75) is 12.8 Å². The molecule has 3 amide bonds. The summed E-state index contributed by atoms with van der Waals surface area (Å²) < 4.78 is 0. The van der Waals surface area contributed by atoms with Crippen LogP contribution in [-0.4, -0.2) is 49.8 Å². The minimum atomic E-state index is -0.466. The predicted molar refractivity (Wildman–Crippen MR) is 111 cm³/mol. The molecule has 0 aromatic heterocycles. The highest BCUT2D eigenvalue weighted by Gasteiger charge is 2.34. The van der Waals surface area contributed by atoms with Crippen molar-refractivity contribution in [3.05, 3.63) is 65.7 Å². The number of hydrazine groups is 1. The van der Waals surface area contributed by atoms with Crippen molar-refractivity contribution in [2.24, 2.45) is 5.92 Å². The first-order valence-electron chi connectivity index (χ1n) is 9.63. The number of likely N-dealkylation sites (tertiary alicyclic amines) is 1. The van der Waals surface area contributed by atoms with Crippen LogP contribution in [-0.2, 0) is 16.0 Å². The maximum atomic E-state index is 12.4. The van der Waals surface area contributed by atoms with Crippen LogP contribution < -0.4 is 15.8 Å². The molecule has 0 bridgehead atoms. The molecule has 152 valence electrons. The van der Waals surface area contributed by atoms with Crippen LogP contribution in [0.4, 0.5) is 5.69 Å². The number of amides is 3. The molecule has 2 N–H and O–H groups in total. The van der Waals surface area contributed by atoms with Gasteiger partial charge in [-0.05, 0) is 30.2 Å². The Kier molecular flexibility index (Phi) is 6.49. The number of hydrogen-bond acceptors (Lipinski definition) is 4. The Labute approximate surface area is 170 Å². The highest BCUT2D eigenvalue weighted by molar-refractivity contribution is 5.97. The molecule has 2 aromatic carbocycles. The van der Waals surface area contributed by atoms with Gasteiger partial charge in [-0.25, -0.2) is 0 Å². The molecule has 1 atom stereocenters. The number of anilines is 1. The van der Waals surface area contributed by atoms with Crippen LogP contribution in [0.25, 0.3) is 0 Å². The molecular formula is C22H26N4O3. The van der Waals surface area contributed by atoms with Gasteiger partial charge in [-0.15, -0.1) is 0 Å². The van der Waals surface area contributed by atoms with Crippen LogP contribution in [0.15, 0.2) is 54.6 Å². The summed E-state index contributed by atoms with van der Waals surface area (Å²) in [6, 6.07) is 17.0. The number of nitrogens with zero attached hydrogens (tertiary/aromatic N) is 2. The molecule has 3 rings (SSSR count). The Morgan fingerprint density at radius 2 is 1.83 bits per heavy atom. The molecule has 1 fully saturated rings. The molecule has 0 radical (unpaired) electrons. The summed E-state index contributed by atoms with van der Waals surface area (Å²) in [5, 5.41) is 0. The smallest absolute Gasteiger partial charge is 0.269 e. The second-order valence-corrected chi connectivity index (χ2v) is 7.36. The van der Waals surface area contributed by atoms with Crippen LogP contribution in [0.2, 0.25) is 0 Å². The third kappa shape index (κ3) is 5.34. The van der Waals surface area contributed by atoms with Crippen molar-refractivity contribution < 1.29 is 14.4 Å². The van der Waals surface area contributed by atoms with E-state index in [1.54, 1.807) is 23.1 Å². The zero-order valence-electron chi connectivity index (χ0n) is 16.7. The number of nitrogens with one attached hydrogen (secondary N) is 2. The number of carbonyl (C=O) groups excluding carboxylic acids is 3. The summed E-state index contributed by atoms with van der Waals surface area (Å²) in [4.78, 5) is 40.5. The Bertz CT molecular complexity index is 883. The largest absolute Gasteiger partial charge is 0.378 e. The highest BCUT2D eigenvalue weighted by Crippen LogP contribution is 2.18. The topological polar surface area (TPSA) is 81.8 Å². The van der Waals surface area contributed by atoms with Gasteiger partial charge in [0, 0.05) is 44.9 Å². The summed E-state index contributed by atoms with van der Waals surface area (Å²) >= 11 is 0. The van der Waals surface area contributed by atoms with Gasteiger partial charge in [-0.2, -0.15) is 0 Å². The van der Waals surface area contributed by atoms with E-state index in [0.29, 0.717) is 18.7 Å². The third-order valence-electron chi connectivity index (χ3n) is 5.02. The fraction of sp³-hybridized carbons (Fsp3) is 0.318. The molecule has 2 aromatic rings. The van der Waals surface area contributed by atoms with E-state index in [-0.39, 0.29) is 18.2 Å². The minimum Gasteiger partial charge on any atom is -0.378 e. The molecule has 7 nitrogen and oxygen atoms in total. The number of benzene rings is 2. The van der Waals surface area contributed by atoms with Crippen molar-refractivity contribution in [2.75, 3.05) is 32.1 Å². The van der Waals surface area contributed by atoms with E-state index in [4.69, 9.17) is 0 Å². The summed E-state index contributed by atoms with van der Waals surface area (Å²) in [6.07, 6.45) is 0.909. The normalized spacial score (nSPS) is 15.9. The van der Waals surface area contributed by atoms with Gasteiger partial charge in [-0.3, -0.25) is 25.2 Å². The van der Waals surface area contributed by atoms with E-state index in [9.17, 15) is 14.4 Å². The first-order chi connectivity index (χ1) is 13.9. The average Bonchev–Trinajstić information content (AvgIpc) is 3.11. The summed E-state index contributed by atoms with van der Waals surface area (Å²) in [5.41, 5.74) is 7.39. The van der Waals surface area contributed by atoms with Crippen molar-refractivity contribution >= 4 is 23.4 Å². The maximum absolute atomic E-state index is 12.4. The highest BCUT2D eigenvalue weighted by atomic mass is 16.2. The van der Waals surface area contributed by atoms with Crippen LogP contribution >= 0.6 is 0 Å². The van der Waals surface area contributed by atoms with Crippen molar-refractivity contribution in [3.63, 3.8) is 0 Å². The molecule has 0 saturated carbocycles. The predicted octanol–water partition coefficient (Wildman–Crippen LogP) is 1.60. The first kappa shape index (κ1) is 20.4. The summed E-state index contributed by atoms with van der Waals surface area (Å²) in [6.45, 7) is 0.944. The van der Waals surface area contributed by atoms with E-state index in [1.165, 1.54) is 0 Å². The van der Waals surface area contributed by atoms with Gasteiger partial charge in [-0.1, -0.05) is 36.4 Å². The van der Waals surface area contributed by atoms with Crippen LogP contribution in [0, 0.1) is 5.92 Å². The Balaban J connectivity index is 1.49. The van der Waals surface area contributed by atoms with E-state index < -0.39 is 11.8 Å². The van der Waals surface area contributed by atoms with Gasteiger partial charge >= 0.3 is 0 Å². The van der Waals surface area contributed by atoms with Gasteiger partial charge in [0.25, 0.3) is 5.91 Å². The molecule has 1 heterocycles. The Hall–Kier alpha value is -3.35. The lowest BCUT2D eigenvalue weighted by molar-refractivity contribution is -0.129. The molecule has 29 heavy (non-hydrogen) atoms. The zero-order chi connectivity index (χ0) is 20.8. The molecule has 1 aliphatic heterocycles. The van der Waals surface area contributed by atoms with E-state index in [1.807, 2.05) is 55.4 Å². The second-order valence-electron chi connectivity index (χ2n) is 7.36.